The summed E-state index contributed by atoms with van der Waals surface area (Å²) in [5.74, 6) is -0.927. The van der Waals surface area contributed by atoms with Crippen LogP contribution in [0.3, 0.4) is 0 Å². The van der Waals surface area contributed by atoms with Gasteiger partial charge in [-0.25, -0.2) is 13.4 Å². The minimum Gasteiger partial charge on any atom is -0.487 e. The van der Waals surface area contributed by atoms with Crippen LogP contribution in [0.4, 0.5) is 5.69 Å². The van der Waals surface area contributed by atoms with Crippen LogP contribution >= 0.6 is 0 Å². The molecule has 0 spiro atoms. The molecule has 1 fully saturated rings. The van der Waals surface area contributed by atoms with E-state index in [1.165, 1.54) is 32.0 Å². The highest BCUT2D eigenvalue weighted by Gasteiger charge is 2.40. The van der Waals surface area contributed by atoms with E-state index in [4.69, 9.17) is 14.3 Å². The Bertz CT molecular complexity index is 1520. The molecule has 0 radical (unpaired) electrons. The second kappa shape index (κ2) is 11.5. The topological polar surface area (TPSA) is 146 Å². The van der Waals surface area contributed by atoms with Crippen LogP contribution in [0.15, 0.2) is 47.6 Å². The maximum absolute atomic E-state index is 13.8. The lowest BCUT2D eigenvalue weighted by atomic mass is 10.1. The zero-order valence-electron chi connectivity index (χ0n) is 22.0. The van der Waals surface area contributed by atoms with Gasteiger partial charge >= 0.3 is 5.97 Å². The fourth-order valence-electron chi connectivity index (χ4n) is 4.28. The van der Waals surface area contributed by atoms with E-state index < -0.39 is 28.1 Å². The zero-order chi connectivity index (χ0) is 28.3. The van der Waals surface area contributed by atoms with Crippen molar-refractivity contribution in [3.63, 3.8) is 0 Å². The third-order valence-corrected chi connectivity index (χ3v) is 7.75. The average Bonchev–Trinajstić information content (AvgIpc) is 3.47. The van der Waals surface area contributed by atoms with Crippen molar-refractivity contribution in [1.82, 2.24) is 14.0 Å². The Balaban J connectivity index is 1.65. The van der Waals surface area contributed by atoms with E-state index in [-0.39, 0.29) is 42.0 Å². The molecule has 208 valence electrons. The predicted octanol–water partition coefficient (Wildman–Crippen LogP) is 2.92. The van der Waals surface area contributed by atoms with Crippen LogP contribution in [0.5, 0.6) is 5.75 Å². The average molecular weight is 559 g/mol. The van der Waals surface area contributed by atoms with Gasteiger partial charge in [-0.1, -0.05) is 4.47 Å². The van der Waals surface area contributed by atoms with Crippen molar-refractivity contribution in [3.8, 4) is 5.75 Å². The summed E-state index contributed by atoms with van der Waals surface area (Å²) in [6.07, 6.45) is 0.927. The number of anilines is 1. The van der Waals surface area contributed by atoms with Crippen molar-refractivity contribution in [3.05, 3.63) is 48.3 Å². The Morgan fingerprint density at radius 3 is 2.64 bits per heavy atom. The van der Waals surface area contributed by atoms with E-state index in [2.05, 4.69) is 10.3 Å². The highest BCUT2D eigenvalue weighted by molar-refractivity contribution is 7.89. The first kappa shape index (κ1) is 28.2. The number of carbonyl (C=O) groups is 3. The SMILES string of the molecule is CCON(C1COC(=O)C1)S(=O)(=O)c1ccc(NC(C)=O)cc1O[C@H](C)Cn1cnc2cc(C(C)=O)ccc21. The van der Waals surface area contributed by atoms with Crippen LogP contribution in [0, 0.1) is 0 Å². The van der Waals surface area contributed by atoms with Crippen LogP contribution in [-0.4, -0.2) is 65.5 Å². The summed E-state index contributed by atoms with van der Waals surface area (Å²) < 4.78 is 41.2. The van der Waals surface area contributed by atoms with Gasteiger partial charge in [-0.05, 0) is 51.1 Å². The highest BCUT2D eigenvalue weighted by atomic mass is 32.2. The zero-order valence-corrected chi connectivity index (χ0v) is 22.9. The van der Waals surface area contributed by atoms with Crippen molar-refractivity contribution < 1.29 is 37.1 Å². The third kappa shape index (κ3) is 6.27. The Labute approximate surface area is 225 Å². The smallest absolute Gasteiger partial charge is 0.307 e. The fraction of sp³-hybridized carbons (Fsp3) is 0.385. The molecule has 2 aromatic carbocycles. The van der Waals surface area contributed by atoms with Gasteiger partial charge in [0, 0.05) is 24.2 Å². The molecule has 3 aromatic rings. The van der Waals surface area contributed by atoms with Crippen LogP contribution in [0.25, 0.3) is 11.0 Å². The standard InChI is InChI=1S/C26H30N4O8S/c1-5-37-30(21-12-26(33)36-14-21)39(34,35)25-9-7-20(28-18(4)32)11-24(25)38-16(2)13-29-15-27-22-10-19(17(3)31)6-8-23(22)29/h6-11,15-16,21H,5,12-14H2,1-4H3,(H,28,32)/t16-,21?/m1/s1. The summed E-state index contributed by atoms with van der Waals surface area (Å²) in [5.41, 5.74) is 2.32. The Morgan fingerprint density at radius 1 is 1.23 bits per heavy atom. The molecule has 1 aliphatic rings. The number of nitrogens with zero attached hydrogens (tertiary/aromatic N) is 3. The Hall–Kier alpha value is -3.81. The highest BCUT2D eigenvalue weighted by Crippen LogP contribution is 2.33. The molecule has 2 heterocycles. The minimum atomic E-state index is -4.31. The van der Waals surface area contributed by atoms with Gasteiger partial charge in [0.05, 0.1) is 43.0 Å². The lowest BCUT2D eigenvalue weighted by molar-refractivity contribution is -0.138. The van der Waals surface area contributed by atoms with Crippen molar-refractivity contribution in [2.24, 2.45) is 0 Å². The summed E-state index contributed by atoms with van der Waals surface area (Å²) >= 11 is 0. The minimum absolute atomic E-state index is 0.00742. The molecule has 1 aliphatic heterocycles. The van der Waals surface area contributed by atoms with E-state index in [1.807, 2.05) is 4.57 Å². The molecule has 1 aromatic heterocycles. The van der Waals surface area contributed by atoms with Gasteiger partial charge in [-0.3, -0.25) is 19.2 Å². The number of ether oxygens (including phenoxy) is 2. The van der Waals surface area contributed by atoms with Crippen LogP contribution < -0.4 is 10.1 Å². The lowest BCUT2D eigenvalue weighted by Crippen LogP contribution is -2.41. The van der Waals surface area contributed by atoms with Crippen molar-refractivity contribution in [2.45, 2.75) is 57.7 Å². The first-order chi connectivity index (χ1) is 18.5. The van der Waals surface area contributed by atoms with Crippen molar-refractivity contribution in [2.75, 3.05) is 18.5 Å². The van der Waals surface area contributed by atoms with E-state index >= 15 is 0 Å². The number of fused-ring (bicyclic) bond motifs is 1. The van der Waals surface area contributed by atoms with Gasteiger partial charge < -0.3 is 19.4 Å². The number of ketones is 1. The summed E-state index contributed by atoms with van der Waals surface area (Å²) in [6, 6.07) is 8.58. The quantitative estimate of drug-likeness (QED) is 0.213. The molecule has 12 nitrogen and oxygen atoms in total. The number of amides is 1. The molecule has 13 heteroatoms. The maximum Gasteiger partial charge on any atom is 0.307 e. The number of sulfonamides is 1. The molecule has 0 aliphatic carbocycles. The molecule has 39 heavy (non-hydrogen) atoms. The van der Waals surface area contributed by atoms with Crippen LogP contribution in [0.2, 0.25) is 0 Å². The van der Waals surface area contributed by atoms with E-state index in [1.54, 1.807) is 38.4 Å². The number of benzene rings is 2. The summed E-state index contributed by atoms with van der Waals surface area (Å²) in [5, 5.41) is 2.63. The van der Waals surface area contributed by atoms with E-state index in [0.29, 0.717) is 23.3 Å². The molecule has 0 saturated carbocycles. The molecule has 2 atom stereocenters. The van der Waals surface area contributed by atoms with Crippen molar-refractivity contribution >= 4 is 44.4 Å². The molecular weight excluding hydrogens is 528 g/mol. The number of Topliss-reactive ketones (excluding diaryl/α,β-unsaturated/α-hetero) is 1. The molecule has 1 N–H and O–H groups in total. The number of hydrogen-bond donors (Lipinski definition) is 1. The number of imidazole rings is 1. The second-order valence-corrected chi connectivity index (χ2v) is 10.9. The number of cyclic esters (lactones) is 1. The molecule has 1 saturated heterocycles. The van der Waals surface area contributed by atoms with Crippen molar-refractivity contribution in [1.29, 1.82) is 0 Å². The van der Waals surface area contributed by atoms with Gasteiger partial charge in [0.2, 0.25) is 5.91 Å². The number of carbonyl (C=O) groups excluding carboxylic acids is 3. The number of hydrogen-bond acceptors (Lipinski definition) is 9. The van der Waals surface area contributed by atoms with Gasteiger partial charge in [0.25, 0.3) is 10.0 Å². The number of rotatable bonds is 11. The third-order valence-electron chi connectivity index (χ3n) is 5.98. The predicted molar refractivity (Wildman–Crippen MR) is 141 cm³/mol. The molecule has 1 amide bonds. The molecule has 0 bridgehead atoms. The first-order valence-electron chi connectivity index (χ1n) is 12.4. The normalized spacial score (nSPS) is 16.3. The van der Waals surface area contributed by atoms with E-state index in [9.17, 15) is 22.8 Å². The number of aromatic nitrogens is 2. The van der Waals surface area contributed by atoms with Gasteiger partial charge in [0.15, 0.2) is 5.78 Å². The van der Waals surface area contributed by atoms with Gasteiger partial charge in [-0.15, -0.1) is 0 Å². The molecular formula is C26H30N4O8S. The first-order valence-corrected chi connectivity index (χ1v) is 13.8. The number of nitrogens with one attached hydrogen (secondary N) is 1. The summed E-state index contributed by atoms with van der Waals surface area (Å²) in [6.45, 7) is 6.44. The van der Waals surface area contributed by atoms with Gasteiger partial charge in [0.1, 0.15) is 23.4 Å². The summed E-state index contributed by atoms with van der Waals surface area (Å²) in [7, 11) is -4.31. The van der Waals surface area contributed by atoms with Crippen LogP contribution in [0.1, 0.15) is 44.5 Å². The second-order valence-electron chi connectivity index (χ2n) is 9.15. The fourth-order valence-corrected chi connectivity index (χ4v) is 5.85. The largest absolute Gasteiger partial charge is 0.487 e. The Kier molecular flexibility index (Phi) is 8.33. The maximum atomic E-state index is 13.8. The number of esters is 1. The molecule has 1 unspecified atom stereocenters. The van der Waals surface area contributed by atoms with E-state index in [0.717, 1.165) is 9.99 Å². The monoisotopic (exact) mass is 558 g/mol. The van der Waals surface area contributed by atoms with Crippen LogP contribution in [-0.2, 0) is 35.7 Å². The van der Waals surface area contributed by atoms with Gasteiger partial charge in [-0.2, -0.15) is 0 Å². The number of hydroxylamine groups is 1. The Morgan fingerprint density at radius 2 is 2.00 bits per heavy atom. The molecule has 4 rings (SSSR count). The lowest BCUT2D eigenvalue weighted by Gasteiger charge is -2.26. The summed E-state index contributed by atoms with van der Waals surface area (Å²) in [4.78, 5) is 44.7.